The van der Waals surface area contributed by atoms with Crippen LogP contribution in [0.3, 0.4) is 0 Å². The number of unbranched alkanes of at least 4 members (excludes halogenated alkanes) is 8. The van der Waals surface area contributed by atoms with E-state index in [1.54, 1.807) is 5.77 Å². The summed E-state index contributed by atoms with van der Waals surface area (Å²) < 4.78 is 3.22. The van der Waals surface area contributed by atoms with Crippen LogP contribution in [0, 0.1) is 5.77 Å². The molecule has 0 aliphatic carbocycles. The van der Waals surface area contributed by atoms with Crippen LogP contribution in [0.4, 0.5) is 0 Å². The highest BCUT2D eigenvalue weighted by Crippen LogP contribution is 2.13. The molecule has 2 heterocycles. The maximum atomic E-state index is 2.39. The molecule has 0 fully saturated rings. The first-order valence-electron chi connectivity index (χ1n) is 10.5. The van der Waals surface area contributed by atoms with E-state index in [0.29, 0.717) is 0 Å². The van der Waals surface area contributed by atoms with Crippen LogP contribution in [0.5, 0.6) is 0 Å². The van der Waals surface area contributed by atoms with Crippen LogP contribution in [-0.4, -0.2) is 0 Å². The Morgan fingerprint density at radius 3 is 1.63 bits per heavy atom. The summed E-state index contributed by atoms with van der Waals surface area (Å²) in [6.07, 6.45) is 22.7. The van der Waals surface area contributed by atoms with E-state index >= 15 is 0 Å². The molecule has 0 spiro atoms. The van der Waals surface area contributed by atoms with E-state index < -0.39 is 0 Å². The van der Waals surface area contributed by atoms with Gasteiger partial charge in [-0.1, -0.05) is 99.4 Å². The minimum atomic E-state index is -0.0691. The number of halogens is 1. The van der Waals surface area contributed by atoms with Crippen LogP contribution < -0.4 is 21.2 Å². The maximum absolute atomic E-state index is 2.39. The van der Waals surface area contributed by atoms with Gasteiger partial charge >= 0.3 is 21.2 Å². The Bertz CT molecular complexity index is 620. The van der Waals surface area contributed by atoms with Crippen LogP contribution in [0.25, 0.3) is 12.2 Å². The Balaban J connectivity index is 1.86. The van der Waals surface area contributed by atoms with E-state index in [1.807, 2.05) is 22.7 Å². The molecule has 2 aromatic heterocycles. The number of hydrogen-bond acceptors (Lipinski definition) is 2. The fraction of sp³-hybridized carbons (Fsp3) is 0.500. The van der Waals surface area contributed by atoms with Crippen molar-refractivity contribution in [2.75, 3.05) is 0 Å². The van der Waals surface area contributed by atoms with Crippen LogP contribution in [-0.2, 0) is 0 Å². The molecule has 2 rings (SSSR count). The van der Waals surface area contributed by atoms with E-state index in [9.17, 15) is 0 Å². The van der Waals surface area contributed by atoms with E-state index in [-0.39, 0.29) is 21.2 Å². The summed E-state index contributed by atoms with van der Waals surface area (Å²) in [6, 6.07) is 4.61. The van der Waals surface area contributed by atoms with Crippen molar-refractivity contribution in [3.8, 4) is 0 Å². The summed E-state index contributed by atoms with van der Waals surface area (Å²) in [5.41, 5.74) is 2.93. The summed E-state index contributed by atoms with van der Waals surface area (Å²) >= 11 is 3.82. The lowest BCUT2D eigenvalue weighted by molar-refractivity contribution is -0.585. The third-order valence-corrected chi connectivity index (χ3v) is 10.7. The van der Waals surface area contributed by atoms with Gasteiger partial charge in [-0.2, -0.15) is 0 Å². The summed E-state index contributed by atoms with van der Waals surface area (Å²) in [5.74, 6) is 0. The summed E-state index contributed by atoms with van der Waals surface area (Å²) in [4.78, 5) is 0. The molecule has 0 unspecified atom stereocenters. The van der Waals surface area contributed by atoms with Gasteiger partial charge in [0.1, 0.15) is 0 Å². The third-order valence-electron chi connectivity index (χ3n) is 4.51. The van der Waals surface area contributed by atoms with Gasteiger partial charge in [-0.25, -0.2) is 0 Å². The first kappa shape index (κ1) is 22.9. The minimum Gasteiger partial charge on any atom is -0.0956 e. The molecule has 148 valence electrons. The molecule has 27 heavy (non-hydrogen) atoms. The zero-order chi connectivity index (χ0) is 19.2. The van der Waals surface area contributed by atoms with Crippen molar-refractivity contribution >= 4 is 34.8 Å². The average Bonchev–Trinajstić information content (AvgIpc) is 3.31. The lowest BCUT2D eigenvalue weighted by atomic mass is 10.1. The van der Waals surface area contributed by atoms with Gasteiger partial charge in [0, 0.05) is 11.1 Å². The molecular formula is C24H34IS2+. The van der Waals surface area contributed by atoms with Crippen LogP contribution >= 0.6 is 22.7 Å². The number of thiophene rings is 2. The van der Waals surface area contributed by atoms with E-state index in [0.717, 1.165) is 0 Å². The van der Waals surface area contributed by atoms with Crippen molar-refractivity contribution in [2.45, 2.75) is 78.1 Å². The van der Waals surface area contributed by atoms with Crippen molar-refractivity contribution in [3.05, 3.63) is 51.9 Å². The molecule has 0 amide bonds. The molecule has 0 atom stereocenters. The van der Waals surface area contributed by atoms with Gasteiger partial charge in [0.05, 0.1) is 0 Å². The zero-order valence-corrected chi connectivity index (χ0v) is 20.7. The third kappa shape index (κ3) is 9.10. The molecular weight excluding hydrogens is 479 g/mol. The Morgan fingerprint density at radius 1 is 0.704 bits per heavy atom. The molecule has 0 aliphatic rings. The SMILES string of the molecule is CCCCCCC=Cc1ccsc1[I+]c1sccc1C=CCCCCCC. The van der Waals surface area contributed by atoms with Gasteiger partial charge in [-0.15, -0.1) is 0 Å². The molecule has 0 N–H and O–H groups in total. The second-order valence-electron chi connectivity index (χ2n) is 6.90. The molecule has 0 saturated heterocycles. The smallest absolute Gasteiger partial charge is 0.0956 e. The van der Waals surface area contributed by atoms with Gasteiger partial charge in [0.15, 0.2) is 0 Å². The molecule has 2 aromatic rings. The highest BCUT2D eigenvalue weighted by molar-refractivity contribution is 7.08. The molecule has 0 radical (unpaired) electrons. The van der Waals surface area contributed by atoms with Gasteiger partial charge in [0.2, 0.25) is 0 Å². The summed E-state index contributed by atoms with van der Waals surface area (Å²) in [7, 11) is 0. The normalized spacial score (nSPS) is 11.9. The Morgan fingerprint density at radius 2 is 1.19 bits per heavy atom. The number of hydrogen-bond donors (Lipinski definition) is 0. The quantitative estimate of drug-likeness (QED) is 0.218. The summed E-state index contributed by atoms with van der Waals surface area (Å²) in [5, 5.41) is 4.53. The fourth-order valence-corrected chi connectivity index (χ4v) is 8.97. The fourth-order valence-electron chi connectivity index (χ4n) is 2.87. The van der Waals surface area contributed by atoms with E-state index in [4.69, 9.17) is 0 Å². The number of rotatable bonds is 14. The molecule has 0 saturated carbocycles. The second-order valence-corrected chi connectivity index (χ2v) is 12.9. The van der Waals surface area contributed by atoms with Crippen molar-refractivity contribution in [3.63, 3.8) is 0 Å². The molecule has 3 heteroatoms. The van der Waals surface area contributed by atoms with Crippen molar-refractivity contribution < 1.29 is 21.2 Å². The minimum absolute atomic E-state index is 0.0691. The maximum Gasteiger partial charge on any atom is 0.382 e. The van der Waals surface area contributed by atoms with Crippen LogP contribution in [0.2, 0.25) is 0 Å². The van der Waals surface area contributed by atoms with Crippen LogP contribution in [0.15, 0.2) is 35.0 Å². The predicted octanol–water partition coefficient (Wildman–Crippen LogP) is 5.91. The topological polar surface area (TPSA) is 0 Å². The van der Waals surface area contributed by atoms with Gasteiger partial charge in [-0.3, -0.25) is 0 Å². The highest BCUT2D eigenvalue weighted by Gasteiger charge is 2.24. The second kappa shape index (κ2) is 14.6. The van der Waals surface area contributed by atoms with Crippen molar-refractivity contribution in [2.24, 2.45) is 0 Å². The zero-order valence-electron chi connectivity index (χ0n) is 16.9. The Hall–Kier alpha value is -0.390. The average molecular weight is 514 g/mol. The van der Waals surface area contributed by atoms with Crippen molar-refractivity contribution in [1.29, 1.82) is 0 Å². The van der Waals surface area contributed by atoms with Gasteiger partial charge < -0.3 is 0 Å². The highest BCUT2D eigenvalue weighted by atomic mass is 127. The molecule has 0 nitrogen and oxygen atoms in total. The largest absolute Gasteiger partial charge is 0.382 e. The Kier molecular flexibility index (Phi) is 12.4. The Labute approximate surface area is 185 Å². The monoisotopic (exact) mass is 513 g/mol. The lowest BCUT2D eigenvalue weighted by Gasteiger charge is -1.94. The first-order valence-corrected chi connectivity index (χ1v) is 14.4. The first-order chi connectivity index (χ1) is 13.3. The van der Waals surface area contributed by atoms with Gasteiger partial charge in [0.25, 0.3) is 5.77 Å². The van der Waals surface area contributed by atoms with Gasteiger partial charge in [-0.05, 0) is 48.6 Å². The summed E-state index contributed by atoms with van der Waals surface area (Å²) in [6.45, 7) is 4.55. The van der Waals surface area contributed by atoms with Crippen molar-refractivity contribution in [1.82, 2.24) is 0 Å². The standard InChI is InChI=1S/C24H34IS2/c1-3-5-7-9-11-13-15-21-17-19-26-23(21)25-24-22(18-20-27-24)16-14-12-10-8-6-4-2/h13-20H,3-12H2,1-2H3/q+1. The molecule has 0 aromatic carbocycles. The molecule has 0 bridgehead atoms. The van der Waals surface area contributed by atoms with E-state index in [1.165, 1.54) is 75.3 Å². The lowest BCUT2D eigenvalue weighted by Crippen LogP contribution is -3.61. The number of allylic oxidation sites excluding steroid dienone is 2. The molecule has 0 aliphatic heterocycles. The van der Waals surface area contributed by atoms with Crippen LogP contribution in [0.1, 0.15) is 89.2 Å². The predicted molar refractivity (Wildman–Crippen MR) is 122 cm³/mol. The van der Waals surface area contributed by atoms with E-state index in [2.05, 4.69) is 61.0 Å².